The lowest BCUT2D eigenvalue weighted by Gasteiger charge is -2.20. The first-order valence-electron chi connectivity index (χ1n) is 6.87. The van der Waals surface area contributed by atoms with Gasteiger partial charge < -0.3 is 9.74 Å². The first-order chi connectivity index (χ1) is 9.49. The number of hydrogen-bond donors (Lipinski definition) is 0. The second-order valence-corrected chi connectivity index (χ2v) is 5.50. The Morgan fingerprint density at radius 1 is 1.55 bits per heavy atom. The predicted octanol–water partition coefficient (Wildman–Crippen LogP) is 2.15. The Balaban J connectivity index is 1.96. The Labute approximate surface area is 119 Å². The standard InChI is InChI=1S/C15H21N3O2/c1-10(2)12-8-14(20-17-12)15(19)18(4)9-13-11(3)6-5-7-16-13/h5-7,10,14H,8-9H2,1-4H3. The maximum Gasteiger partial charge on any atom is 0.266 e. The summed E-state index contributed by atoms with van der Waals surface area (Å²) in [5.74, 6) is 0.269. The third-order valence-electron chi connectivity index (χ3n) is 3.51. The lowest BCUT2D eigenvalue weighted by atomic mass is 10.0. The number of aromatic nitrogens is 1. The van der Waals surface area contributed by atoms with E-state index in [1.54, 1.807) is 18.1 Å². The lowest BCUT2D eigenvalue weighted by molar-refractivity contribution is -0.141. The molecule has 5 heteroatoms. The van der Waals surface area contributed by atoms with Gasteiger partial charge in [-0.05, 0) is 24.5 Å². The van der Waals surface area contributed by atoms with Gasteiger partial charge in [-0.1, -0.05) is 25.1 Å². The van der Waals surface area contributed by atoms with Gasteiger partial charge in [0.05, 0.1) is 18.0 Å². The molecule has 0 radical (unpaired) electrons. The molecule has 1 aromatic rings. The Hall–Kier alpha value is -1.91. The number of aryl methyl sites for hydroxylation is 1. The van der Waals surface area contributed by atoms with E-state index in [1.165, 1.54) is 0 Å². The molecule has 5 nitrogen and oxygen atoms in total. The van der Waals surface area contributed by atoms with Crippen LogP contribution in [0.3, 0.4) is 0 Å². The molecule has 2 rings (SSSR count). The highest BCUT2D eigenvalue weighted by molar-refractivity contribution is 5.93. The van der Waals surface area contributed by atoms with Gasteiger partial charge in [0.25, 0.3) is 5.91 Å². The molecule has 2 heterocycles. The lowest BCUT2D eigenvalue weighted by Crippen LogP contribution is -2.36. The first kappa shape index (κ1) is 14.5. The quantitative estimate of drug-likeness (QED) is 0.846. The summed E-state index contributed by atoms with van der Waals surface area (Å²) in [4.78, 5) is 23.5. The molecule has 20 heavy (non-hydrogen) atoms. The Bertz CT molecular complexity index is 526. The molecule has 1 amide bonds. The van der Waals surface area contributed by atoms with Gasteiger partial charge >= 0.3 is 0 Å². The number of amides is 1. The van der Waals surface area contributed by atoms with Crippen molar-refractivity contribution in [3.05, 3.63) is 29.6 Å². The smallest absolute Gasteiger partial charge is 0.266 e. The Kier molecular flexibility index (Phi) is 4.37. The minimum Gasteiger partial charge on any atom is -0.382 e. The second kappa shape index (κ2) is 6.03. The number of nitrogens with zero attached hydrogens (tertiary/aromatic N) is 3. The van der Waals surface area contributed by atoms with Crippen LogP contribution in [-0.4, -0.2) is 34.7 Å². The molecule has 0 aliphatic carbocycles. The van der Waals surface area contributed by atoms with Gasteiger partial charge in [-0.25, -0.2) is 0 Å². The maximum atomic E-state index is 12.3. The summed E-state index contributed by atoms with van der Waals surface area (Å²) >= 11 is 0. The molecule has 108 valence electrons. The van der Waals surface area contributed by atoms with Gasteiger partial charge in [-0.2, -0.15) is 0 Å². The van der Waals surface area contributed by atoms with E-state index in [0.29, 0.717) is 18.9 Å². The molecule has 1 atom stereocenters. The molecule has 0 saturated heterocycles. The fraction of sp³-hybridized carbons (Fsp3) is 0.533. The number of carbonyl (C=O) groups is 1. The van der Waals surface area contributed by atoms with E-state index < -0.39 is 6.10 Å². The predicted molar refractivity (Wildman–Crippen MR) is 77.2 cm³/mol. The molecule has 1 aromatic heterocycles. The molecule has 0 N–H and O–H groups in total. The fourth-order valence-corrected chi connectivity index (χ4v) is 2.10. The van der Waals surface area contributed by atoms with Gasteiger partial charge in [0, 0.05) is 19.7 Å². The normalized spacial score (nSPS) is 17.9. The van der Waals surface area contributed by atoms with E-state index >= 15 is 0 Å². The molecule has 0 saturated carbocycles. The van der Waals surface area contributed by atoms with Crippen molar-refractivity contribution < 1.29 is 9.63 Å². The second-order valence-electron chi connectivity index (χ2n) is 5.50. The largest absolute Gasteiger partial charge is 0.382 e. The van der Waals surface area contributed by atoms with Crippen molar-refractivity contribution in [2.45, 2.75) is 39.8 Å². The van der Waals surface area contributed by atoms with Crippen LogP contribution in [0.15, 0.2) is 23.5 Å². The molecule has 1 aliphatic heterocycles. The number of likely N-dealkylation sites (N-methyl/N-ethyl adjacent to an activating group) is 1. The van der Waals surface area contributed by atoms with Crippen molar-refractivity contribution in [3.8, 4) is 0 Å². The third kappa shape index (κ3) is 3.15. The SMILES string of the molecule is Cc1cccnc1CN(C)C(=O)C1CC(C(C)C)=NO1. The molecule has 0 aromatic carbocycles. The van der Waals surface area contributed by atoms with E-state index in [1.807, 2.05) is 19.1 Å². The van der Waals surface area contributed by atoms with Crippen LogP contribution >= 0.6 is 0 Å². The van der Waals surface area contributed by atoms with Crippen LogP contribution in [0.5, 0.6) is 0 Å². The minimum atomic E-state index is -0.485. The monoisotopic (exact) mass is 275 g/mol. The number of hydrogen-bond acceptors (Lipinski definition) is 4. The summed E-state index contributed by atoms with van der Waals surface area (Å²) in [5, 5.41) is 4.00. The van der Waals surface area contributed by atoms with Gasteiger partial charge in [0.15, 0.2) is 0 Å². The zero-order chi connectivity index (χ0) is 14.7. The highest BCUT2D eigenvalue weighted by Gasteiger charge is 2.31. The van der Waals surface area contributed by atoms with Crippen LogP contribution in [0.25, 0.3) is 0 Å². The maximum absolute atomic E-state index is 12.3. The molecule has 0 bridgehead atoms. The third-order valence-corrected chi connectivity index (χ3v) is 3.51. The van der Waals surface area contributed by atoms with Crippen LogP contribution in [0.1, 0.15) is 31.5 Å². The molecule has 0 spiro atoms. The van der Waals surface area contributed by atoms with Gasteiger partial charge in [-0.15, -0.1) is 0 Å². The summed E-state index contributed by atoms with van der Waals surface area (Å²) in [6, 6.07) is 3.89. The van der Waals surface area contributed by atoms with Crippen LogP contribution in [0.4, 0.5) is 0 Å². The van der Waals surface area contributed by atoms with Crippen molar-refractivity contribution in [3.63, 3.8) is 0 Å². The van der Waals surface area contributed by atoms with Crippen LogP contribution < -0.4 is 0 Å². The van der Waals surface area contributed by atoms with E-state index in [4.69, 9.17) is 4.84 Å². The van der Waals surface area contributed by atoms with Crippen molar-refractivity contribution in [1.29, 1.82) is 0 Å². The molecular weight excluding hydrogens is 254 g/mol. The number of carbonyl (C=O) groups excluding carboxylic acids is 1. The number of pyridine rings is 1. The van der Waals surface area contributed by atoms with Gasteiger partial charge in [0.1, 0.15) is 0 Å². The van der Waals surface area contributed by atoms with Crippen molar-refractivity contribution in [2.24, 2.45) is 11.1 Å². The molecular formula is C15H21N3O2. The Morgan fingerprint density at radius 2 is 2.30 bits per heavy atom. The van der Waals surface area contributed by atoms with E-state index in [2.05, 4.69) is 24.0 Å². The van der Waals surface area contributed by atoms with Crippen LogP contribution in [0.2, 0.25) is 0 Å². The van der Waals surface area contributed by atoms with E-state index in [-0.39, 0.29) is 5.91 Å². The minimum absolute atomic E-state index is 0.0468. The summed E-state index contributed by atoms with van der Waals surface area (Å²) in [5.41, 5.74) is 2.94. The van der Waals surface area contributed by atoms with E-state index in [0.717, 1.165) is 17.0 Å². The topological polar surface area (TPSA) is 54.8 Å². The Morgan fingerprint density at radius 3 is 2.90 bits per heavy atom. The molecule has 1 unspecified atom stereocenters. The number of oxime groups is 1. The highest BCUT2D eigenvalue weighted by Crippen LogP contribution is 2.18. The summed E-state index contributed by atoms with van der Waals surface area (Å²) in [7, 11) is 1.77. The van der Waals surface area contributed by atoms with Crippen molar-refractivity contribution in [1.82, 2.24) is 9.88 Å². The van der Waals surface area contributed by atoms with Gasteiger partial charge in [0.2, 0.25) is 6.10 Å². The highest BCUT2D eigenvalue weighted by atomic mass is 16.6. The van der Waals surface area contributed by atoms with Crippen molar-refractivity contribution in [2.75, 3.05) is 7.05 Å². The number of rotatable bonds is 4. The average Bonchev–Trinajstić information content (AvgIpc) is 2.90. The van der Waals surface area contributed by atoms with Gasteiger partial charge in [-0.3, -0.25) is 9.78 Å². The summed E-state index contributed by atoms with van der Waals surface area (Å²) < 4.78 is 0. The summed E-state index contributed by atoms with van der Waals surface area (Å²) in [6.45, 7) is 6.58. The molecule has 0 fully saturated rings. The van der Waals surface area contributed by atoms with Crippen LogP contribution in [0, 0.1) is 12.8 Å². The summed E-state index contributed by atoms with van der Waals surface area (Å²) in [6.07, 6.45) is 1.84. The van der Waals surface area contributed by atoms with Crippen LogP contribution in [-0.2, 0) is 16.2 Å². The zero-order valence-corrected chi connectivity index (χ0v) is 12.5. The molecule has 1 aliphatic rings. The average molecular weight is 275 g/mol. The van der Waals surface area contributed by atoms with E-state index in [9.17, 15) is 4.79 Å². The zero-order valence-electron chi connectivity index (χ0n) is 12.5. The van der Waals surface area contributed by atoms with Crippen molar-refractivity contribution >= 4 is 11.6 Å². The fourth-order valence-electron chi connectivity index (χ4n) is 2.10. The first-order valence-corrected chi connectivity index (χ1v) is 6.87.